The van der Waals surface area contributed by atoms with E-state index in [1.807, 2.05) is 13.0 Å². The molecule has 0 unspecified atom stereocenters. The first-order valence-corrected chi connectivity index (χ1v) is 11.4. The number of rotatable bonds is 10. The number of hydrogen-bond acceptors (Lipinski definition) is 9. The number of amides is 1. The van der Waals surface area contributed by atoms with Gasteiger partial charge < -0.3 is 34.5 Å². The van der Waals surface area contributed by atoms with Crippen LogP contribution in [0.3, 0.4) is 0 Å². The third-order valence-electron chi connectivity index (χ3n) is 6.50. The molecule has 2 aliphatic heterocycles. The Morgan fingerprint density at radius 2 is 2.03 bits per heavy atom. The fourth-order valence-electron chi connectivity index (χ4n) is 4.16. The molecule has 1 amide bonds. The topological polar surface area (TPSA) is 166 Å². The van der Waals surface area contributed by atoms with Gasteiger partial charge in [0.05, 0.1) is 49.2 Å². The number of nitrogens with zero attached hydrogens (tertiary/aromatic N) is 1. The number of hydrogen-bond donors (Lipinski definition) is 4. The molecule has 1 aromatic heterocycles. The lowest BCUT2D eigenvalue weighted by Gasteiger charge is -2.38. The maximum atomic E-state index is 12.1. The van der Waals surface area contributed by atoms with Gasteiger partial charge in [0.25, 0.3) is 0 Å². The molecule has 0 spiro atoms. The minimum Gasteiger partial charge on any atom is -0.460 e. The Kier molecular flexibility index (Phi) is 8.62. The zero-order valence-corrected chi connectivity index (χ0v) is 19.5. The molecule has 1 aromatic rings. The number of nitriles is 1. The van der Waals surface area contributed by atoms with Crippen molar-refractivity contribution in [2.24, 2.45) is 11.8 Å². The standard InChI is InChI=1S/C24H32N2O8/c1-12(5-21(29)26-9-17(28)18-6-15(8-25)10-32-18)4-19-23(31)22(30)16(11-33-19)7-20-24(34-20)13(2)14(3)27/h5-6,10,13-14,16,19-20,22-24,27,30-31H,4,7,9,11H2,1-3H3,(H,26,29)/b12-5+/t13-,14-,16-,19-,20-,22+,23-,24-/m0/s1. The van der Waals surface area contributed by atoms with Crippen molar-refractivity contribution in [2.75, 3.05) is 13.2 Å². The van der Waals surface area contributed by atoms with Crippen LogP contribution in [0.1, 0.15) is 49.7 Å². The van der Waals surface area contributed by atoms with E-state index >= 15 is 0 Å². The third-order valence-corrected chi connectivity index (χ3v) is 6.50. The molecule has 0 aromatic carbocycles. The summed E-state index contributed by atoms with van der Waals surface area (Å²) in [4.78, 5) is 24.2. The van der Waals surface area contributed by atoms with E-state index in [0.29, 0.717) is 12.0 Å². The maximum absolute atomic E-state index is 12.1. The van der Waals surface area contributed by atoms with Gasteiger partial charge in [0.2, 0.25) is 11.7 Å². The Morgan fingerprint density at radius 1 is 1.29 bits per heavy atom. The summed E-state index contributed by atoms with van der Waals surface area (Å²) in [6.45, 7) is 5.29. The number of ether oxygens (including phenoxy) is 2. The van der Waals surface area contributed by atoms with Crippen LogP contribution < -0.4 is 5.32 Å². The molecule has 0 radical (unpaired) electrons. The highest BCUT2D eigenvalue weighted by Gasteiger charge is 2.48. The first-order valence-electron chi connectivity index (χ1n) is 11.4. The normalized spacial score (nSPS) is 30.8. The monoisotopic (exact) mass is 476 g/mol. The van der Waals surface area contributed by atoms with Crippen LogP contribution in [0.4, 0.5) is 0 Å². The van der Waals surface area contributed by atoms with Gasteiger partial charge in [-0.05, 0) is 26.7 Å². The SMILES string of the molecule is C/C(=C\C(=O)NCC(=O)c1cc(C#N)co1)C[C@@H]1OC[C@H](C[C@@H]2O[C@H]2[C@@H](C)[C@H](C)O)[C@@H](O)[C@H]1O. The van der Waals surface area contributed by atoms with E-state index in [0.717, 1.165) is 0 Å². The summed E-state index contributed by atoms with van der Waals surface area (Å²) in [5, 5.41) is 42.1. The number of aliphatic hydroxyl groups is 3. The number of carbonyl (C=O) groups is 2. The molecular weight excluding hydrogens is 444 g/mol. The zero-order chi connectivity index (χ0) is 25.0. The van der Waals surface area contributed by atoms with E-state index in [1.165, 1.54) is 18.4 Å². The largest absolute Gasteiger partial charge is 0.460 e. The van der Waals surface area contributed by atoms with Crippen molar-refractivity contribution < 1.29 is 38.8 Å². The molecule has 2 fully saturated rings. The van der Waals surface area contributed by atoms with Gasteiger partial charge in [0.1, 0.15) is 18.4 Å². The van der Waals surface area contributed by atoms with Crippen molar-refractivity contribution >= 4 is 11.7 Å². The Hall–Kier alpha value is -2.55. The summed E-state index contributed by atoms with van der Waals surface area (Å²) in [7, 11) is 0. The number of Topliss-reactive ketones (excluding diaryl/α,β-unsaturated/α-hetero) is 1. The molecule has 2 aliphatic rings. The number of nitrogens with one attached hydrogen (secondary N) is 1. The molecule has 34 heavy (non-hydrogen) atoms. The van der Waals surface area contributed by atoms with Gasteiger partial charge in [-0.15, -0.1) is 0 Å². The van der Waals surface area contributed by atoms with Gasteiger partial charge in [-0.2, -0.15) is 5.26 Å². The number of epoxide rings is 1. The molecule has 10 heteroatoms. The molecular formula is C24H32N2O8. The van der Waals surface area contributed by atoms with Crippen LogP contribution in [-0.4, -0.2) is 76.8 Å². The van der Waals surface area contributed by atoms with Crippen molar-refractivity contribution in [1.29, 1.82) is 5.26 Å². The lowest BCUT2D eigenvalue weighted by atomic mass is 9.85. The van der Waals surface area contributed by atoms with Crippen LogP contribution in [0.2, 0.25) is 0 Å². The van der Waals surface area contributed by atoms with Gasteiger partial charge in [0, 0.05) is 24.0 Å². The highest BCUT2D eigenvalue weighted by Crippen LogP contribution is 2.38. The maximum Gasteiger partial charge on any atom is 0.244 e. The zero-order valence-electron chi connectivity index (χ0n) is 19.5. The molecule has 0 aliphatic carbocycles. The first kappa shape index (κ1) is 26.1. The highest BCUT2D eigenvalue weighted by atomic mass is 16.6. The Labute approximate surface area is 198 Å². The number of furan rings is 1. The first-order chi connectivity index (χ1) is 16.1. The predicted molar refractivity (Wildman–Crippen MR) is 119 cm³/mol. The van der Waals surface area contributed by atoms with Gasteiger partial charge in [0.15, 0.2) is 5.76 Å². The lowest BCUT2D eigenvalue weighted by Crippen LogP contribution is -2.50. The summed E-state index contributed by atoms with van der Waals surface area (Å²) in [5.74, 6) is -1.27. The molecule has 10 nitrogen and oxygen atoms in total. The lowest BCUT2D eigenvalue weighted by molar-refractivity contribution is -0.165. The van der Waals surface area contributed by atoms with Gasteiger partial charge in [-0.3, -0.25) is 9.59 Å². The molecule has 3 heterocycles. The second kappa shape index (κ2) is 11.3. The molecule has 3 rings (SSSR count). The molecule has 2 saturated heterocycles. The second-order valence-electron chi connectivity index (χ2n) is 9.23. The van der Waals surface area contributed by atoms with Gasteiger partial charge >= 0.3 is 0 Å². The number of carbonyl (C=O) groups excluding carboxylic acids is 2. The van der Waals surface area contributed by atoms with Crippen LogP contribution >= 0.6 is 0 Å². The molecule has 0 saturated carbocycles. The average Bonchev–Trinajstić information content (AvgIpc) is 3.39. The molecule has 0 bridgehead atoms. The second-order valence-corrected chi connectivity index (χ2v) is 9.23. The van der Waals surface area contributed by atoms with E-state index in [-0.39, 0.29) is 54.9 Å². The summed E-state index contributed by atoms with van der Waals surface area (Å²) in [6, 6.07) is 3.16. The van der Waals surface area contributed by atoms with Crippen LogP contribution in [0.5, 0.6) is 0 Å². The Balaban J connectivity index is 1.44. The summed E-state index contributed by atoms with van der Waals surface area (Å²) < 4.78 is 16.4. The van der Waals surface area contributed by atoms with Gasteiger partial charge in [-0.1, -0.05) is 12.5 Å². The van der Waals surface area contributed by atoms with Crippen molar-refractivity contribution in [2.45, 2.75) is 70.2 Å². The van der Waals surface area contributed by atoms with E-state index in [1.54, 1.807) is 13.8 Å². The molecule has 8 atom stereocenters. The number of aliphatic hydroxyl groups excluding tert-OH is 3. The van der Waals surface area contributed by atoms with Crippen molar-refractivity contribution in [1.82, 2.24) is 5.32 Å². The van der Waals surface area contributed by atoms with Crippen LogP contribution in [-0.2, 0) is 14.3 Å². The fourth-order valence-corrected chi connectivity index (χ4v) is 4.16. The highest BCUT2D eigenvalue weighted by molar-refractivity contribution is 5.99. The van der Waals surface area contributed by atoms with Crippen molar-refractivity contribution in [3.8, 4) is 6.07 Å². The average molecular weight is 477 g/mol. The van der Waals surface area contributed by atoms with Crippen molar-refractivity contribution in [3.63, 3.8) is 0 Å². The minimum absolute atomic E-state index is 0.00680. The van der Waals surface area contributed by atoms with Gasteiger partial charge in [-0.25, -0.2) is 0 Å². The Bertz CT molecular complexity index is 949. The van der Waals surface area contributed by atoms with E-state index in [9.17, 15) is 24.9 Å². The van der Waals surface area contributed by atoms with E-state index in [4.69, 9.17) is 19.2 Å². The predicted octanol–water partition coefficient (Wildman–Crippen LogP) is 0.698. The van der Waals surface area contributed by atoms with E-state index in [2.05, 4.69) is 5.32 Å². The number of ketones is 1. The van der Waals surface area contributed by atoms with Crippen molar-refractivity contribution in [3.05, 3.63) is 35.3 Å². The summed E-state index contributed by atoms with van der Waals surface area (Å²) in [5.41, 5.74) is 0.834. The summed E-state index contributed by atoms with van der Waals surface area (Å²) in [6.07, 6.45) is -0.148. The Morgan fingerprint density at radius 3 is 2.68 bits per heavy atom. The third kappa shape index (κ3) is 6.52. The minimum atomic E-state index is -1.12. The summed E-state index contributed by atoms with van der Waals surface area (Å²) >= 11 is 0. The van der Waals surface area contributed by atoms with E-state index < -0.39 is 36.1 Å². The van der Waals surface area contributed by atoms with Crippen LogP contribution in [0, 0.1) is 23.2 Å². The van der Waals surface area contributed by atoms with Crippen LogP contribution in [0.25, 0.3) is 0 Å². The molecule has 4 N–H and O–H groups in total. The quantitative estimate of drug-likeness (QED) is 0.216. The smallest absolute Gasteiger partial charge is 0.244 e. The fraction of sp³-hybridized carbons (Fsp3) is 0.625. The van der Waals surface area contributed by atoms with Crippen LogP contribution in [0.15, 0.2) is 28.4 Å². The molecule has 186 valence electrons.